The quantitative estimate of drug-likeness (QED) is 0.294. The molecule has 3 N–H and O–H groups in total. The van der Waals surface area contributed by atoms with E-state index in [1.165, 1.54) is 5.56 Å². The topological polar surface area (TPSA) is 74.8 Å². The monoisotopic (exact) mass is 516 g/mol. The molecular formula is C22H37IN4O2. The molecule has 1 aromatic carbocycles. The number of hydrogen-bond acceptors (Lipinski definition) is 3. The predicted octanol–water partition coefficient (Wildman–Crippen LogP) is 3.63. The van der Waals surface area contributed by atoms with Crippen LogP contribution < -0.4 is 20.7 Å². The number of nitrogens with one attached hydrogen (secondary N) is 3. The first-order valence-corrected chi connectivity index (χ1v) is 10.4. The number of amides is 1. The fraction of sp³-hybridized carbons (Fsp3) is 0.636. The molecule has 3 atom stereocenters. The molecule has 0 radical (unpaired) electrons. The third-order valence-corrected chi connectivity index (χ3v) is 4.92. The molecule has 1 aromatic rings. The van der Waals surface area contributed by atoms with Crippen LogP contribution in [-0.4, -0.2) is 43.6 Å². The number of ether oxygens (including phenoxy) is 1. The van der Waals surface area contributed by atoms with Gasteiger partial charge in [-0.25, -0.2) is 0 Å². The van der Waals surface area contributed by atoms with Crippen LogP contribution in [-0.2, 0) is 4.79 Å². The molecule has 29 heavy (non-hydrogen) atoms. The number of guanidine groups is 1. The Balaban J connectivity index is 0.00000420. The van der Waals surface area contributed by atoms with Crippen molar-refractivity contribution in [1.29, 1.82) is 0 Å². The van der Waals surface area contributed by atoms with Crippen LogP contribution in [0.25, 0.3) is 0 Å². The van der Waals surface area contributed by atoms with Crippen molar-refractivity contribution in [2.45, 2.75) is 71.6 Å². The van der Waals surface area contributed by atoms with Crippen molar-refractivity contribution in [3.8, 4) is 5.75 Å². The zero-order chi connectivity index (χ0) is 20.5. The summed E-state index contributed by atoms with van der Waals surface area (Å²) < 4.78 is 5.97. The molecule has 7 heteroatoms. The lowest BCUT2D eigenvalue weighted by molar-refractivity contribution is -0.126. The maximum atomic E-state index is 12.3. The molecule has 2 rings (SSSR count). The first-order chi connectivity index (χ1) is 13.4. The lowest BCUT2D eigenvalue weighted by Crippen LogP contribution is -2.49. The van der Waals surface area contributed by atoms with Crippen LogP contribution in [0.4, 0.5) is 0 Å². The molecule has 0 saturated heterocycles. The molecule has 6 nitrogen and oxygen atoms in total. The van der Waals surface area contributed by atoms with Crippen molar-refractivity contribution in [3.63, 3.8) is 0 Å². The highest BCUT2D eigenvalue weighted by Gasteiger charge is 2.28. The second-order valence-corrected chi connectivity index (χ2v) is 8.07. The van der Waals surface area contributed by atoms with Crippen molar-refractivity contribution in [2.75, 3.05) is 13.6 Å². The van der Waals surface area contributed by atoms with Crippen molar-refractivity contribution < 1.29 is 9.53 Å². The fourth-order valence-electron chi connectivity index (χ4n) is 3.55. The van der Waals surface area contributed by atoms with Crippen LogP contribution in [0, 0.1) is 12.8 Å². The Labute approximate surface area is 192 Å². The van der Waals surface area contributed by atoms with Gasteiger partial charge in [0.25, 0.3) is 0 Å². The van der Waals surface area contributed by atoms with Crippen LogP contribution >= 0.6 is 24.0 Å². The maximum absolute atomic E-state index is 12.3. The van der Waals surface area contributed by atoms with E-state index in [4.69, 9.17) is 4.74 Å². The molecule has 164 valence electrons. The van der Waals surface area contributed by atoms with E-state index in [1.807, 2.05) is 39.0 Å². The van der Waals surface area contributed by atoms with Crippen molar-refractivity contribution in [1.82, 2.24) is 16.0 Å². The Kier molecular flexibility index (Phi) is 11.4. The standard InChI is InChI=1S/C22H36N4O2.HI/c1-15(2)25-21(27)18-9-7-10-19(13-18)26-22(23-5)24-14-17(4)28-20-11-6-8-16(3)12-20;/h6,8,11-12,15,17-19H,7,9-10,13-14H2,1-5H3,(H,25,27)(H2,23,24,26);1H. The summed E-state index contributed by atoms with van der Waals surface area (Å²) >= 11 is 0. The van der Waals surface area contributed by atoms with Crippen molar-refractivity contribution in [3.05, 3.63) is 29.8 Å². The summed E-state index contributed by atoms with van der Waals surface area (Å²) in [6.07, 6.45) is 3.93. The number of aliphatic imine (C=N–C) groups is 1. The van der Waals surface area contributed by atoms with E-state index < -0.39 is 0 Å². The molecule has 3 unspecified atom stereocenters. The molecule has 0 aromatic heterocycles. The average Bonchev–Trinajstić information content (AvgIpc) is 2.64. The normalized spacial score (nSPS) is 20.4. The molecule has 1 fully saturated rings. The van der Waals surface area contributed by atoms with Gasteiger partial charge in [-0.3, -0.25) is 9.79 Å². The van der Waals surface area contributed by atoms with Gasteiger partial charge >= 0.3 is 0 Å². The molecule has 1 saturated carbocycles. The van der Waals surface area contributed by atoms with Crippen LogP contribution in [0.2, 0.25) is 0 Å². The minimum absolute atomic E-state index is 0. The SMILES string of the molecule is CN=C(NCC(C)Oc1cccc(C)c1)NC1CCCC(C(=O)NC(C)C)C1.I. The van der Waals surface area contributed by atoms with Crippen LogP contribution in [0.3, 0.4) is 0 Å². The smallest absolute Gasteiger partial charge is 0.223 e. The van der Waals surface area contributed by atoms with Crippen molar-refractivity contribution in [2.24, 2.45) is 10.9 Å². The molecule has 1 aliphatic rings. The zero-order valence-electron chi connectivity index (χ0n) is 18.3. The minimum atomic E-state index is 0. The molecular weight excluding hydrogens is 479 g/mol. The number of hydrogen-bond donors (Lipinski definition) is 3. The number of carbonyl (C=O) groups excluding carboxylic acids is 1. The van der Waals surface area contributed by atoms with Gasteiger partial charge in [0.15, 0.2) is 5.96 Å². The Morgan fingerprint density at radius 3 is 2.69 bits per heavy atom. The summed E-state index contributed by atoms with van der Waals surface area (Å²) in [6, 6.07) is 8.51. The Hall–Kier alpha value is -1.51. The second kappa shape index (κ2) is 12.9. The number of halogens is 1. The van der Waals surface area contributed by atoms with Crippen molar-refractivity contribution >= 4 is 35.8 Å². The number of aryl methyl sites for hydroxylation is 1. The molecule has 0 bridgehead atoms. The van der Waals surface area contributed by atoms with E-state index in [1.54, 1.807) is 7.05 Å². The van der Waals surface area contributed by atoms with Crippen LogP contribution in [0.1, 0.15) is 52.0 Å². The first-order valence-electron chi connectivity index (χ1n) is 10.4. The Bertz CT molecular complexity index is 666. The van der Waals surface area contributed by atoms with E-state index in [2.05, 4.69) is 33.9 Å². The number of benzene rings is 1. The van der Waals surface area contributed by atoms with Gasteiger partial charge in [0.1, 0.15) is 11.9 Å². The molecule has 0 aliphatic heterocycles. The van der Waals surface area contributed by atoms with Gasteiger partial charge in [0.2, 0.25) is 5.91 Å². The Morgan fingerprint density at radius 2 is 2.03 bits per heavy atom. The number of nitrogens with zero attached hydrogens (tertiary/aromatic N) is 1. The van der Waals surface area contributed by atoms with Crippen LogP contribution in [0.5, 0.6) is 5.75 Å². The third-order valence-electron chi connectivity index (χ3n) is 4.92. The van der Waals surface area contributed by atoms with Gasteiger partial charge in [0.05, 0.1) is 6.54 Å². The summed E-state index contributed by atoms with van der Waals surface area (Å²) in [6.45, 7) is 8.75. The highest BCUT2D eigenvalue weighted by molar-refractivity contribution is 14.0. The maximum Gasteiger partial charge on any atom is 0.223 e. The second-order valence-electron chi connectivity index (χ2n) is 8.07. The molecule has 1 aliphatic carbocycles. The molecule has 0 heterocycles. The summed E-state index contributed by atoms with van der Waals surface area (Å²) in [5.41, 5.74) is 1.18. The highest BCUT2D eigenvalue weighted by atomic mass is 127. The van der Waals surface area contributed by atoms with E-state index in [-0.39, 0.29) is 54.0 Å². The van der Waals surface area contributed by atoms with Gasteiger partial charge in [0, 0.05) is 25.0 Å². The van der Waals surface area contributed by atoms with Gasteiger partial charge in [-0.15, -0.1) is 24.0 Å². The van der Waals surface area contributed by atoms with E-state index in [9.17, 15) is 4.79 Å². The molecule has 1 amide bonds. The third kappa shape index (κ3) is 9.23. The average molecular weight is 516 g/mol. The molecule has 0 spiro atoms. The van der Waals surface area contributed by atoms with Gasteiger partial charge in [-0.05, 0) is 64.7 Å². The first kappa shape index (κ1) is 25.5. The minimum Gasteiger partial charge on any atom is -0.489 e. The summed E-state index contributed by atoms with van der Waals surface area (Å²) in [5, 5.41) is 9.85. The zero-order valence-corrected chi connectivity index (χ0v) is 20.7. The lowest BCUT2D eigenvalue weighted by atomic mass is 9.85. The number of carbonyl (C=O) groups is 1. The van der Waals surface area contributed by atoms with E-state index in [0.29, 0.717) is 6.54 Å². The predicted molar refractivity (Wildman–Crippen MR) is 130 cm³/mol. The van der Waals surface area contributed by atoms with Crippen LogP contribution in [0.15, 0.2) is 29.3 Å². The summed E-state index contributed by atoms with van der Waals surface area (Å²) in [7, 11) is 1.77. The van der Waals surface area contributed by atoms with Gasteiger partial charge in [-0.1, -0.05) is 18.6 Å². The summed E-state index contributed by atoms with van der Waals surface area (Å²) in [5.74, 6) is 1.89. The van der Waals surface area contributed by atoms with Gasteiger partial charge in [-0.2, -0.15) is 0 Å². The fourth-order valence-corrected chi connectivity index (χ4v) is 3.55. The largest absolute Gasteiger partial charge is 0.489 e. The van der Waals surface area contributed by atoms with E-state index in [0.717, 1.165) is 37.4 Å². The Morgan fingerprint density at radius 1 is 1.28 bits per heavy atom. The van der Waals surface area contributed by atoms with Gasteiger partial charge < -0.3 is 20.7 Å². The lowest BCUT2D eigenvalue weighted by Gasteiger charge is -2.30. The highest BCUT2D eigenvalue weighted by Crippen LogP contribution is 2.24. The summed E-state index contributed by atoms with van der Waals surface area (Å²) in [4.78, 5) is 16.7. The van der Waals surface area contributed by atoms with E-state index >= 15 is 0 Å². The number of rotatable bonds is 7.